The van der Waals surface area contributed by atoms with Crippen LogP contribution in [0.15, 0.2) is 17.6 Å². The molecule has 0 aliphatic carbocycles. The second kappa shape index (κ2) is 5.15. The largest absolute Gasteiger partial charge is 0.388 e. The molecule has 0 aromatic carbocycles. The molecule has 2 aromatic rings. The minimum atomic E-state index is 0.264. The zero-order valence-corrected chi connectivity index (χ0v) is 10.8. The zero-order valence-electron chi connectivity index (χ0n) is 9.17. The lowest BCUT2D eigenvalue weighted by molar-refractivity contribution is 1.02. The molecule has 5 nitrogen and oxygen atoms in total. The van der Waals surface area contributed by atoms with E-state index in [1.807, 2.05) is 12.3 Å². The molecule has 88 valence electrons. The van der Waals surface area contributed by atoms with Gasteiger partial charge >= 0.3 is 0 Å². The normalized spacial score (nSPS) is 10.2. The molecule has 2 heterocycles. The van der Waals surface area contributed by atoms with Crippen LogP contribution in [0.1, 0.15) is 16.4 Å². The predicted molar refractivity (Wildman–Crippen MR) is 72.1 cm³/mol. The smallest absolute Gasteiger partial charge is 0.223 e. The van der Waals surface area contributed by atoms with Crippen LogP contribution in [0, 0.1) is 6.92 Å². The highest BCUT2D eigenvalue weighted by Crippen LogP contribution is 2.10. The van der Waals surface area contributed by atoms with E-state index in [1.54, 1.807) is 23.6 Å². The Morgan fingerprint density at radius 3 is 3.00 bits per heavy atom. The van der Waals surface area contributed by atoms with E-state index in [4.69, 9.17) is 18.0 Å². The minimum absolute atomic E-state index is 0.264. The monoisotopic (exact) mass is 265 g/mol. The van der Waals surface area contributed by atoms with Crippen molar-refractivity contribution in [3.63, 3.8) is 0 Å². The molecule has 2 aromatic heterocycles. The summed E-state index contributed by atoms with van der Waals surface area (Å²) in [6.07, 6.45) is 1.62. The van der Waals surface area contributed by atoms with Crippen molar-refractivity contribution >= 4 is 34.5 Å². The van der Waals surface area contributed by atoms with Crippen LogP contribution in [0.3, 0.4) is 0 Å². The van der Waals surface area contributed by atoms with Gasteiger partial charge in [-0.15, -0.1) is 11.3 Å². The number of anilines is 1. The molecule has 0 amide bonds. The average Bonchev–Trinajstić information content (AvgIpc) is 2.73. The van der Waals surface area contributed by atoms with E-state index in [-0.39, 0.29) is 4.99 Å². The molecule has 0 aliphatic rings. The molecule has 0 spiro atoms. The highest BCUT2D eigenvalue weighted by atomic mass is 32.1. The van der Waals surface area contributed by atoms with Gasteiger partial charge in [-0.2, -0.15) is 0 Å². The molecule has 7 heteroatoms. The van der Waals surface area contributed by atoms with Gasteiger partial charge < -0.3 is 11.1 Å². The van der Waals surface area contributed by atoms with Gasteiger partial charge in [0.15, 0.2) is 0 Å². The van der Waals surface area contributed by atoms with Gasteiger partial charge in [-0.3, -0.25) is 0 Å². The van der Waals surface area contributed by atoms with Crippen molar-refractivity contribution in [1.82, 2.24) is 15.0 Å². The molecule has 0 fully saturated rings. The number of thiocarbonyl (C=S) groups is 1. The molecule has 2 rings (SSSR count). The first-order valence-electron chi connectivity index (χ1n) is 4.93. The fraction of sp³-hybridized carbons (Fsp3) is 0.200. The van der Waals surface area contributed by atoms with Crippen molar-refractivity contribution in [3.05, 3.63) is 34.0 Å². The van der Waals surface area contributed by atoms with Gasteiger partial charge in [0.2, 0.25) is 5.95 Å². The second-order valence-corrected chi connectivity index (χ2v) is 4.75. The van der Waals surface area contributed by atoms with Crippen molar-refractivity contribution in [2.45, 2.75) is 13.5 Å². The summed E-state index contributed by atoms with van der Waals surface area (Å²) in [6, 6.07) is 1.68. The number of rotatable bonds is 4. The van der Waals surface area contributed by atoms with Gasteiger partial charge in [0, 0.05) is 17.3 Å². The maximum atomic E-state index is 5.50. The number of thiazole rings is 1. The summed E-state index contributed by atoms with van der Waals surface area (Å²) in [5.74, 6) is 0.503. The van der Waals surface area contributed by atoms with Crippen LogP contribution < -0.4 is 11.1 Å². The third kappa shape index (κ3) is 3.18. The van der Waals surface area contributed by atoms with E-state index in [1.165, 1.54) is 0 Å². The van der Waals surface area contributed by atoms with Gasteiger partial charge in [-0.05, 0) is 13.0 Å². The fourth-order valence-corrected chi connectivity index (χ4v) is 2.04. The Kier molecular flexibility index (Phi) is 3.60. The van der Waals surface area contributed by atoms with Crippen molar-refractivity contribution in [2.75, 3.05) is 5.32 Å². The number of nitrogens with zero attached hydrogens (tertiary/aromatic N) is 3. The summed E-state index contributed by atoms with van der Waals surface area (Å²) in [5.41, 5.74) is 7.08. The van der Waals surface area contributed by atoms with E-state index in [0.29, 0.717) is 18.2 Å². The van der Waals surface area contributed by atoms with E-state index < -0.39 is 0 Å². The van der Waals surface area contributed by atoms with Crippen molar-refractivity contribution in [3.8, 4) is 0 Å². The van der Waals surface area contributed by atoms with Gasteiger partial charge in [0.1, 0.15) is 15.7 Å². The van der Waals surface area contributed by atoms with Gasteiger partial charge in [-0.25, -0.2) is 15.0 Å². The zero-order chi connectivity index (χ0) is 12.3. The standard InChI is InChI=1S/C10H11N5S2/c1-6-5-17-8(14-6)4-13-10-12-3-2-7(15-10)9(11)16/h2-3,5H,4H2,1H3,(H2,11,16)(H,12,13,15). The first-order valence-corrected chi connectivity index (χ1v) is 6.21. The quantitative estimate of drug-likeness (QED) is 0.816. The van der Waals surface area contributed by atoms with Crippen LogP contribution >= 0.6 is 23.6 Å². The van der Waals surface area contributed by atoms with Crippen molar-refractivity contribution in [1.29, 1.82) is 0 Å². The summed E-state index contributed by atoms with van der Waals surface area (Å²) in [5, 5.41) is 6.08. The summed E-state index contributed by atoms with van der Waals surface area (Å²) in [6.45, 7) is 2.56. The summed E-state index contributed by atoms with van der Waals surface area (Å²) in [4.78, 5) is 12.9. The Balaban J connectivity index is 2.04. The Labute approximate surface area is 108 Å². The third-order valence-corrected chi connectivity index (χ3v) is 3.15. The predicted octanol–water partition coefficient (Wildman–Crippen LogP) is 1.49. The van der Waals surface area contributed by atoms with E-state index in [2.05, 4.69) is 20.3 Å². The SMILES string of the molecule is Cc1csc(CNc2nccc(C(N)=S)n2)n1. The Morgan fingerprint density at radius 2 is 2.35 bits per heavy atom. The third-order valence-electron chi connectivity index (χ3n) is 1.97. The van der Waals surface area contributed by atoms with Crippen LogP contribution in [-0.4, -0.2) is 19.9 Å². The van der Waals surface area contributed by atoms with Crippen LogP contribution in [-0.2, 0) is 6.54 Å². The van der Waals surface area contributed by atoms with Crippen LogP contribution in [0.5, 0.6) is 0 Å². The molecule has 3 N–H and O–H groups in total. The number of aryl methyl sites for hydroxylation is 1. The number of nitrogens with one attached hydrogen (secondary N) is 1. The number of hydrogen-bond acceptors (Lipinski definition) is 6. The number of hydrogen-bond donors (Lipinski definition) is 2. The molecule has 0 aliphatic heterocycles. The van der Waals surface area contributed by atoms with Crippen LogP contribution in [0.4, 0.5) is 5.95 Å². The van der Waals surface area contributed by atoms with Gasteiger partial charge in [0.25, 0.3) is 0 Å². The topological polar surface area (TPSA) is 76.7 Å². The maximum absolute atomic E-state index is 5.50. The highest BCUT2D eigenvalue weighted by molar-refractivity contribution is 7.80. The lowest BCUT2D eigenvalue weighted by Gasteiger charge is -2.03. The molecule has 0 unspecified atom stereocenters. The molecule has 0 saturated carbocycles. The molecule has 0 bridgehead atoms. The highest BCUT2D eigenvalue weighted by Gasteiger charge is 2.03. The first kappa shape index (κ1) is 11.9. The average molecular weight is 265 g/mol. The number of aromatic nitrogens is 3. The molecule has 0 atom stereocenters. The molecule has 17 heavy (non-hydrogen) atoms. The summed E-state index contributed by atoms with van der Waals surface area (Å²) < 4.78 is 0. The fourth-order valence-electron chi connectivity index (χ4n) is 1.22. The summed E-state index contributed by atoms with van der Waals surface area (Å²) >= 11 is 6.45. The van der Waals surface area contributed by atoms with Gasteiger partial charge in [-0.1, -0.05) is 12.2 Å². The van der Waals surface area contributed by atoms with Gasteiger partial charge in [0.05, 0.1) is 6.54 Å². The Bertz CT molecular complexity index is 537. The van der Waals surface area contributed by atoms with E-state index in [0.717, 1.165) is 10.7 Å². The van der Waals surface area contributed by atoms with E-state index >= 15 is 0 Å². The lowest BCUT2D eigenvalue weighted by atomic mass is 10.4. The van der Waals surface area contributed by atoms with Crippen molar-refractivity contribution < 1.29 is 0 Å². The maximum Gasteiger partial charge on any atom is 0.223 e. The van der Waals surface area contributed by atoms with Crippen LogP contribution in [0.2, 0.25) is 0 Å². The first-order chi connectivity index (χ1) is 8.15. The second-order valence-electron chi connectivity index (χ2n) is 3.37. The van der Waals surface area contributed by atoms with E-state index in [9.17, 15) is 0 Å². The lowest BCUT2D eigenvalue weighted by Crippen LogP contribution is -2.13. The molecular weight excluding hydrogens is 254 g/mol. The molecule has 0 radical (unpaired) electrons. The minimum Gasteiger partial charge on any atom is -0.388 e. The summed E-state index contributed by atoms with van der Waals surface area (Å²) in [7, 11) is 0. The molecule has 0 saturated heterocycles. The Hall–Kier alpha value is -1.60. The van der Waals surface area contributed by atoms with Crippen LogP contribution in [0.25, 0.3) is 0 Å². The number of nitrogens with two attached hydrogens (primary N) is 1. The van der Waals surface area contributed by atoms with Crippen molar-refractivity contribution in [2.24, 2.45) is 5.73 Å². The molecular formula is C10H11N5S2. The Morgan fingerprint density at radius 1 is 1.53 bits per heavy atom.